The van der Waals surface area contributed by atoms with E-state index >= 15 is 0 Å². The molecule has 5 rings (SSSR count). The van der Waals surface area contributed by atoms with Crippen LogP contribution < -0.4 is 19.6 Å². The van der Waals surface area contributed by atoms with E-state index < -0.39 is 5.72 Å². The van der Waals surface area contributed by atoms with Gasteiger partial charge in [0.05, 0.1) is 16.3 Å². The average molecular weight is 380 g/mol. The molecule has 2 aromatic heterocycles. The molecule has 7 heteroatoms. The molecule has 0 amide bonds. The van der Waals surface area contributed by atoms with Crippen LogP contribution in [0.5, 0.6) is 5.75 Å². The van der Waals surface area contributed by atoms with E-state index in [0.29, 0.717) is 11.0 Å². The Balaban J connectivity index is 1.78. The number of nitrogens with zero attached hydrogens (tertiary/aromatic N) is 4. The van der Waals surface area contributed by atoms with Crippen molar-refractivity contribution in [1.29, 1.82) is 0 Å². The lowest BCUT2D eigenvalue weighted by molar-refractivity contribution is 0.0410. The predicted octanol–water partition coefficient (Wildman–Crippen LogP) is 1.81. The summed E-state index contributed by atoms with van der Waals surface area (Å²) in [5.74, 6) is 0.813. The van der Waals surface area contributed by atoms with Gasteiger partial charge in [-0.05, 0) is 32.9 Å². The highest BCUT2D eigenvalue weighted by atomic mass is 32.1. The normalized spacial score (nSPS) is 23.4. The molecule has 4 heterocycles. The summed E-state index contributed by atoms with van der Waals surface area (Å²) in [4.78, 5) is 18.8. The van der Waals surface area contributed by atoms with Crippen LogP contribution in [-0.2, 0) is 7.05 Å². The second-order valence-corrected chi connectivity index (χ2v) is 8.43. The minimum atomic E-state index is -0.631. The standard InChI is InChI=1S/C20H20N4O2S/c1-11-14(12(2)23(4)22-11)9-17-18(25)24-15-10-20(3,21-19(24)27-17)26-16-8-6-5-7-13(15)16/h5-9,15H,10H2,1-4H3/b17-9-/t15-,20-/m1/s1. The van der Waals surface area contributed by atoms with Gasteiger partial charge in [-0.1, -0.05) is 29.5 Å². The van der Waals surface area contributed by atoms with Crippen molar-refractivity contribution in [2.24, 2.45) is 12.0 Å². The Hall–Kier alpha value is -2.67. The predicted molar refractivity (Wildman–Crippen MR) is 104 cm³/mol. The molecule has 2 aliphatic rings. The van der Waals surface area contributed by atoms with Crippen LogP contribution in [0.2, 0.25) is 0 Å². The molecule has 0 radical (unpaired) electrons. The largest absolute Gasteiger partial charge is 0.466 e. The smallest absolute Gasteiger partial charge is 0.270 e. The zero-order chi connectivity index (χ0) is 18.9. The van der Waals surface area contributed by atoms with Crippen molar-refractivity contribution in [3.63, 3.8) is 0 Å². The van der Waals surface area contributed by atoms with Gasteiger partial charge in [-0.15, -0.1) is 0 Å². The first-order valence-electron chi connectivity index (χ1n) is 8.97. The van der Waals surface area contributed by atoms with Gasteiger partial charge in [0.25, 0.3) is 5.56 Å². The molecule has 2 aliphatic heterocycles. The summed E-state index contributed by atoms with van der Waals surface area (Å²) >= 11 is 1.42. The number of aryl methyl sites for hydroxylation is 2. The van der Waals surface area contributed by atoms with Gasteiger partial charge in [-0.2, -0.15) is 5.10 Å². The zero-order valence-electron chi connectivity index (χ0n) is 15.7. The fourth-order valence-electron chi connectivity index (χ4n) is 4.07. The van der Waals surface area contributed by atoms with E-state index in [9.17, 15) is 4.79 Å². The number of thiazole rings is 1. The summed E-state index contributed by atoms with van der Waals surface area (Å²) in [7, 11) is 1.92. The highest BCUT2D eigenvalue weighted by Gasteiger charge is 2.42. The number of hydrogen-bond donors (Lipinski definition) is 0. The number of fused-ring (bicyclic) bond motifs is 6. The number of ether oxygens (including phenoxy) is 1. The van der Waals surface area contributed by atoms with Crippen molar-refractivity contribution in [3.8, 4) is 5.75 Å². The lowest BCUT2D eigenvalue weighted by Gasteiger charge is -2.39. The first-order valence-corrected chi connectivity index (χ1v) is 9.79. The molecule has 3 aromatic rings. The molecule has 0 unspecified atom stereocenters. The molecular formula is C20H20N4O2S. The van der Waals surface area contributed by atoms with Crippen LogP contribution in [0, 0.1) is 13.8 Å². The molecule has 0 saturated heterocycles. The number of rotatable bonds is 1. The molecule has 6 nitrogen and oxygen atoms in total. The fraction of sp³-hybridized carbons (Fsp3) is 0.350. The van der Waals surface area contributed by atoms with Gasteiger partial charge < -0.3 is 4.74 Å². The molecule has 1 aromatic carbocycles. The van der Waals surface area contributed by atoms with Crippen LogP contribution in [0.25, 0.3) is 6.08 Å². The molecule has 27 heavy (non-hydrogen) atoms. The SMILES string of the molecule is Cc1nn(C)c(C)c1/C=c1\sc2n(c1=O)[C@@H]1C[C@](C)(N=2)Oc2ccccc21. The molecule has 0 fully saturated rings. The van der Waals surface area contributed by atoms with E-state index in [0.717, 1.165) is 33.1 Å². The molecule has 0 aliphatic carbocycles. The Morgan fingerprint density at radius 1 is 1.33 bits per heavy atom. The van der Waals surface area contributed by atoms with Crippen molar-refractivity contribution in [2.75, 3.05) is 0 Å². The zero-order valence-corrected chi connectivity index (χ0v) is 16.5. The summed E-state index contributed by atoms with van der Waals surface area (Å²) in [6, 6.07) is 7.89. The monoisotopic (exact) mass is 380 g/mol. The Labute approximate surface area is 160 Å². The van der Waals surface area contributed by atoms with Gasteiger partial charge in [0.15, 0.2) is 4.80 Å². The quantitative estimate of drug-likeness (QED) is 0.647. The molecule has 138 valence electrons. The van der Waals surface area contributed by atoms with E-state index in [1.165, 1.54) is 11.3 Å². The Kier molecular flexibility index (Phi) is 3.31. The lowest BCUT2D eigenvalue weighted by Crippen LogP contribution is -2.49. The van der Waals surface area contributed by atoms with E-state index in [-0.39, 0.29) is 11.6 Å². The van der Waals surface area contributed by atoms with Gasteiger partial charge >= 0.3 is 0 Å². The second kappa shape index (κ2) is 5.42. The lowest BCUT2D eigenvalue weighted by atomic mass is 9.93. The molecule has 2 atom stereocenters. The van der Waals surface area contributed by atoms with Gasteiger partial charge in [0, 0.05) is 30.3 Å². The third-order valence-corrected chi connectivity index (χ3v) is 6.48. The maximum absolute atomic E-state index is 13.3. The second-order valence-electron chi connectivity index (χ2n) is 7.42. The third kappa shape index (κ3) is 2.34. The van der Waals surface area contributed by atoms with Crippen molar-refractivity contribution in [3.05, 3.63) is 66.5 Å². The van der Waals surface area contributed by atoms with E-state index in [2.05, 4.69) is 5.10 Å². The topological polar surface area (TPSA) is 61.4 Å². The molecule has 0 spiro atoms. The van der Waals surface area contributed by atoms with Crippen molar-refractivity contribution < 1.29 is 4.74 Å². The van der Waals surface area contributed by atoms with E-state index in [4.69, 9.17) is 9.73 Å². The molecule has 0 saturated carbocycles. The van der Waals surface area contributed by atoms with Gasteiger partial charge in [0.2, 0.25) is 5.72 Å². The van der Waals surface area contributed by atoms with Crippen LogP contribution in [-0.4, -0.2) is 20.1 Å². The molecule has 2 bridgehead atoms. The van der Waals surface area contributed by atoms with Crippen LogP contribution in [0.3, 0.4) is 0 Å². The summed E-state index contributed by atoms with van der Waals surface area (Å²) < 4.78 is 10.5. The maximum atomic E-state index is 13.3. The summed E-state index contributed by atoms with van der Waals surface area (Å²) in [5.41, 5.74) is 3.38. The van der Waals surface area contributed by atoms with E-state index in [1.807, 2.05) is 67.4 Å². The summed E-state index contributed by atoms with van der Waals surface area (Å²) in [5, 5.41) is 4.45. The number of benzene rings is 1. The summed E-state index contributed by atoms with van der Waals surface area (Å²) in [6.07, 6.45) is 2.61. The van der Waals surface area contributed by atoms with Crippen molar-refractivity contribution in [2.45, 2.75) is 39.0 Å². The molecule has 0 N–H and O–H groups in total. The number of aromatic nitrogens is 3. The molecular weight excluding hydrogens is 360 g/mol. The maximum Gasteiger partial charge on any atom is 0.270 e. The third-order valence-electron chi connectivity index (χ3n) is 5.50. The highest BCUT2D eigenvalue weighted by molar-refractivity contribution is 7.07. The van der Waals surface area contributed by atoms with Gasteiger partial charge in [0.1, 0.15) is 5.75 Å². The van der Waals surface area contributed by atoms with Crippen molar-refractivity contribution >= 4 is 17.4 Å². The van der Waals surface area contributed by atoms with Gasteiger partial charge in [-0.25, -0.2) is 4.99 Å². The fourth-order valence-corrected chi connectivity index (χ4v) is 5.17. The summed E-state index contributed by atoms with van der Waals surface area (Å²) in [6.45, 7) is 5.97. The first kappa shape index (κ1) is 16.5. The Morgan fingerprint density at radius 2 is 2.11 bits per heavy atom. The van der Waals surface area contributed by atoms with E-state index in [1.54, 1.807) is 0 Å². The number of para-hydroxylation sites is 1. The highest BCUT2D eigenvalue weighted by Crippen LogP contribution is 2.42. The van der Waals surface area contributed by atoms with Crippen LogP contribution in [0.1, 0.15) is 41.9 Å². The van der Waals surface area contributed by atoms with Crippen LogP contribution >= 0.6 is 11.3 Å². The van der Waals surface area contributed by atoms with Crippen LogP contribution in [0.15, 0.2) is 34.1 Å². The minimum Gasteiger partial charge on any atom is -0.466 e. The van der Waals surface area contributed by atoms with Crippen molar-refractivity contribution in [1.82, 2.24) is 14.3 Å². The Bertz CT molecular complexity index is 1270. The number of hydrogen-bond acceptors (Lipinski definition) is 5. The van der Waals surface area contributed by atoms with Gasteiger partial charge in [-0.3, -0.25) is 14.0 Å². The van der Waals surface area contributed by atoms with Crippen LogP contribution in [0.4, 0.5) is 0 Å². The first-order chi connectivity index (χ1) is 12.9. The minimum absolute atomic E-state index is 0.00477. The average Bonchev–Trinajstić information content (AvgIpc) is 3.04. The Morgan fingerprint density at radius 3 is 2.85 bits per heavy atom.